The Hall–Kier alpha value is -0.640. The zero-order valence-corrected chi connectivity index (χ0v) is 12.9. The van der Waals surface area contributed by atoms with Crippen molar-refractivity contribution in [2.45, 2.75) is 45.3 Å². The molecule has 0 bridgehead atoms. The molecule has 0 radical (unpaired) electrons. The lowest BCUT2D eigenvalue weighted by atomic mass is 9.94. The average Bonchev–Trinajstić information content (AvgIpc) is 2.36. The van der Waals surface area contributed by atoms with Gasteiger partial charge in [0.1, 0.15) is 5.82 Å². The number of nitrogens with one attached hydrogen (secondary N) is 1. The zero-order chi connectivity index (χ0) is 14.5. The minimum Gasteiger partial charge on any atom is -0.379 e. The first kappa shape index (κ1) is 16.4. The van der Waals surface area contributed by atoms with Gasteiger partial charge in [-0.3, -0.25) is 0 Å². The summed E-state index contributed by atoms with van der Waals surface area (Å²) >= 11 is 6.13. The number of hydrogen-bond acceptors (Lipinski definition) is 2. The number of rotatable bonds is 7. The molecule has 1 aromatic carbocycles. The van der Waals surface area contributed by atoms with Gasteiger partial charge in [0.2, 0.25) is 0 Å². The average molecular weight is 288 g/mol. The molecule has 0 aliphatic rings. The second kappa shape index (κ2) is 7.22. The summed E-state index contributed by atoms with van der Waals surface area (Å²) in [4.78, 5) is 0. The highest BCUT2D eigenvalue weighted by Gasteiger charge is 2.23. The van der Waals surface area contributed by atoms with Crippen molar-refractivity contribution in [3.63, 3.8) is 0 Å². The zero-order valence-electron chi connectivity index (χ0n) is 12.1. The fourth-order valence-electron chi connectivity index (χ4n) is 2.03. The number of halogens is 2. The summed E-state index contributed by atoms with van der Waals surface area (Å²) in [6, 6.07) is 4.72. The van der Waals surface area contributed by atoms with E-state index in [1.54, 1.807) is 19.2 Å². The van der Waals surface area contributed by atoms with Crippen molar-refractivity contribution in [1.82, 2.24) is 5.32 Å². The molecule has 4 heteroatoms. The Morgan fingerprint density at radius 1 is 1.42 bits per heavy atom. The molecule has 19 heavy (non-hydrogen) atoms. The third-order valence-corrected chi connectivity index (χ3v) is 3.72. The van der Waals surface area contributed by atoms with Crippen LogP contribution in [-0.4, -0.2) is 19.3 Å². The first-order chi connectivity index (χ1) is 8.91. The van der Waals surface area contributed by atoms with E-state index in [9.17, 15) is 4.39 Å². The van der Waals surface area contributed by atoms with E-state index in [2.05, 4.69) is 5.32 Å². The van der Waals surface area contributed by atoms with Gasteiger partial charge in [0, 0.05) is 23.7 Å². The van der Waals surface area contributed by atoms with Gasteiger partial charge in [-0.25, -0.2) is 4.39 Å². The van der Waals surface area contributed by atoms with Crippen LogP contribution >= 0.6 is 11.6 Å². The predicted molar refractivity (Wildman–Crippen MR) is 78.1 cm³/mol. The molecule has 0 fully saturated rings. The van der Waals surface area contributed by atoms with Gasteiger partial charge in [-0.05, 0) is 45.4 Å². The summed E-state index contributed by atoms with van der Waals surface area (Å²) < 4.78 is 19.4. The topological polar surface area (TPSA) is 21.3 Å². The molecule has 0 saturated carbocycles. The van der Waals surface area contributed by atoms with E-state index in [1.807, 2.05) is 20.8 Å². The van der Waals surface area contributed by atoms with Crippen molar-refractivity contribution in [3.8, 4) is 0 Å². The Kier molecular flexibility index (Phi) is 6.24. The number of ether oxygens (including phenoxy) is 1. The molecule has 0 aliphatic heterocycles. The molecule has 0 aliphatic carbocycles. The van der Waals surface area contributed by atoms with Crippen molar-refractivity contribution in [1.29, 1.82) is 0 Å². The van der Waals surface area contributed by atoms with Crippen LogP contribution in [0.1, 0.15) is 45.2 Å². The summed E-state index contributed by atoms with van der Waals surface area (Å²) in [5.74, 6) is -0.256. The van der Waals surface area contributed by atoms with Crippen molar-refractivity contribution >= 4 is 11.6 Å². The Morgan fingerprint density at radius 2 is 2.11 bits per heavy atom. The molecule has 1 rings (SSSR count). The standard InChI is InChI=1S/C15H23ClFNO/c1-5-18-13(9-10-15(2,3)19-4)14-11(16)7-6-8-12(14)17/h6-8,13,18H,5,9-10H2,1-4H3. The molecule has 0 aromatic heterocycles. The van der Waals surface area contributed by atoms with Crippen LogP contribution in [0.4, 0.5) is 4.39 Å². The maximum atomic E-state index is 14.0. The number of hydrogen-bond donors (Lipinski definition) is 1. The van der Waals surface area contributed by atoms with E-state index in [-0.39, 0.29) is 17.5 Å². The van der Waals surface area contributed by atoms with Gasteiger partial charge in [0.15, 0.2) is 0 Å². The highest BCUT2D eigenvalue weighted by molar-refractivity contribution is 6.31. The largest absolute Gasteiger partial charge is 0.379 e. The minimum absolute atomic E-state index is 0.0897. The highest BCUT2D eigenvalue weighted by Crippen LogP contribution is 2.31. The molecule has 1 atom stereocenters. The monoisotopic (exact) mass is 287 g/mol. The highest BCUT2D eigenvalue weighted by atomic mass is 35.5. The van der Waals surface area contributed by atoms with E-state index in [4.69, 9.17) is 16.3 Å². The molecule has 1 N–H and O–H groups in total. The van der Waals surface area contributed by atoms with Gasteiger partial charge >= 0.3 is 0 Å². The van der Waals surface area contributed by atoms with Crippen LogP contribution in [0.3, 0.4) is 0 Å². The van der Waals surface area contributed by atoms with Gasteiger partial charge in [0.05, 0.1) is 5.60 Å². The maximum Gasteiger partial charge on any atom is 0.129 e. The predicted octanol–water partition coefficient (Wildman–Crippen LogP) is 4.33. The van der Waals surface area contributed by atoms with Crippen LogP contribution in [0.5, 0.6) is 0 Å². The van der Waals surface area contributed by atoms with E-state index in [0.29, 0.717) is 10.6 Å². The fourth-order valence-corrected chi connectivity index (χ4v) is 2.33. The van der Waals surface area contributed by atoms with Crippen LogP contribution < -0.4 is 5.32 Å². The van der Waals surface area contributed by atoms with E-state index in [1.165, 1.54) is 6.07 Å². The molecule has 2 nitrogen and oxygen atoms in total. The van der Waals surface area contributed by atoms with Crippen LogP contribution in [0.2, 0.25) is 5.02 Å². The van der Waals surface area contributed by atoms with Crippen LogP contribution in [-0.2, 0) is 4.74 Å². The molecule has 108 valence electrons. The second-order valence-corrected chi connectivity index (χ2v) is 5.66. The Labute approximate surface area is 120 Å². The molecule has 1 unspecified atom stereocenters. The summed E-state index contributed by atoms with van der Waals surface area (Å²) in [5, 5.41) is 3.77. The van der Waals surface area contributed by atoms with Gasteiger partial charge in [-0.2, -0.15) is 0 Å². The van der Waals surface area contributed by atoms with Crippen LogP contribution in [0, 0.1) is 5.82 Å². The van der Waals surface area contributed by atoms with Gasteiger partial charge < -0.3 is 10.1 Å². The quantitative estimate of drug-likeness (QED) is 0.806. The first-order valence-corrected chi connectivity index (χ1v) is 7.01. The van der Waals surface area contributed by atoms with Gasteiger partial charge in [0.25, 0.3) is 0 Å². The van der Waals surface area contributed by atoms with Crippen LogP contribution in [0.15, 0.2) is 18.2 Å². The third-order valence-electron chi connectivity index (χ3n) is 3.39. The van der Waals surface area contributed by atoms with Gasteiger partial charge in [-0.1, -0.05) is 24.6 Å². The number of methoxy groups -OCH3 is 1. The van der Waals surface area contributed by atoms with E-state index < -0.39 is 0 Å². The normalized spacial score (nSPS) is 13.6. The molecular formula is C15H23ClFNO. The summed E-state index contributed by atoms with van der Waals surface area (Å²) in [6.07, 6.45) is 1.60. The van der Waals surface area contributed by atoms with Gasteiger partial charge in [-0.15, -0.1) is 0 Å². The molecule has 0 saturated heterocycles. The Morgan fingerprint density at radius 3 is 2.63 bits per heavy atom. The summed E-state index contributed by atoms with van der Waals surface area (Å²) in [6.45, 7) is 6.82. The summed E-state index contributed by atoms with van der Waals surface area (Å²) in [7, 11) is 1.69. The molecule has 0 heterocycles. The smallest absolute Gasteiger partial charge is 0.129 e. The molecule has 0 amide bonds. The lowest BCUT2D eigenvalue weighted by Gasteiger charge is -2.27. The van der Waals surface area contributed by atoms with Crippen LogP contribution in [0.25, 0.3) is 0 Å². The fraction of sp³-hybridized carbons (Fsp3) is 0.600. The van der Waals surface area contributed by atoms with Crippen molar-refractivity contribution in [3.05, 3.63) is 34.6 Å². The van der Waals surface area contributed by atoms with Crippen molar-refractivity contribution in [2.75, 3.05) is 13.7 Å². The van der Waals surface area contributed by atoms with Crippen molar-refractivity contribution < 1.29 is 9.13 Å². The van der Waals surface area contributed by atoms with E-state index >= 15 is 0 Å². The second-order valence-electron chi connectivity index (χ2n) is 5.25. The van der Waals surface area contributed by atoms with E-state index in [0.717, 1.165) is 19.4 Å². The number of benzene rings is 1. The molecule has 0 spiro atoms. The van der Waals surface area contributed by atoms with Crippen molar-refractivity contribution in [2.24, 2.45) is 0 Å². The Bertz CT molecular complexity index is 389. The summed E-state index contributed by atoms with van der Waals surface area (Å²) in [5.41, 5.74) is 0.337. The molecular weight excluding hydrogens is 265 g/mol. The first-order valence-electron chi connectivity index (χ1n) is 6.63. The SMILES string of the molecule is CCNC(CCC(C)(C)OC)c1c(F)cccc1Cl. The third kappa shape index (κ3) is 4.75. The lowest BCUT2D eigenvalue weighted by Crippen LogP contribution is -2.28. The Balaban J connectivity index is 2.88. The maximum absolute atomic E-state index is 14.0. The lowest BCUT2D eigenvalue weighted by molar-refractivity contribution is 0.0116. The molecule has 1 aromatic rings. The minimum atomic E-state index is -0.256.